The minimum absolute atomic E-state index is 0. The second kappa shape index (κ2) is 22.7. The molecule has 1 aliphatic carbocycles. The fourth-order valence-electron chi connectivity index (χ4n) is 0.340. The molecule has 0 unspecified atom stereocenters. The summed E-state index contributed by atoms with van der Waals surface area (Å²) in [7, 11) is 0. The first kappa shape index (κ1) is 23.1. The molecular weight excluding hydrogens is 270 g/mol. The fourth-order valence-corrected chi connectivity index (χ4v) is 0.340. The first-order valence-corrected chi connectivity index (χ1v) is 3.41. The summed E-state index contributed by atoms with van der Waals surface area (Å²) in [5.74, 6) is 0. The summed E-state index contributed by atoms with van der Waals surface area (Å²) >= 11 is 0. The Bertz CT molecular complexity index is 88.7. The molecule has 1 aliphatic rings. The van der Waals surface area contributed by atoms with Gasteiger partial charge in [-0.3, -0.25) is 6.08 Å². The Morgan fingerprint density at radius 2 is 1.92 bits per heavy atom. The summed E-state index contributed by atoms with van der Waals surface area (Å²) in [6.07, 6.45) is 13.3. The van der Waals surface area contributed by atoms with Gasteiger partial charge < -0.3 is 31.2 Å². The van der Waals surface area contributed by atoms with Crippen LogP contribution in [0.1, 0.15) is 26.7 Å². The van der Waals surface area contributed by atoms with Gasteiger partial charge in [-0.1, -0.05) is 6.92 Å². The molecule has 0 saturated heterocycles. The van der Waals surface area contributed by atoms with Crippen molar-refractivity contribution in [2.24, 2.45) is 0 Å². The van der Waals surface area contributed by atoms with Gasteiger partial charge in [0.25, 0.3) is 0 Å². The van der Waals surface area contributed by atoms with E-state index in [2.05, 4.69) is 32.4 Å². The average molecular weight is 284 g/mol. The van der Waals surface area contributed by atoms with Crippen LogP contribution >= 0.6 is 0 Å². The van der Waals surface area contributed by atoms with Crippen LogP contribution in [0.2, 0.25) is 0 Å². The molecule has 0 saturated carbocycles. The molecule has 68 valence electrons. The molecule has 0 nitrogen and oxygen atoms in total. The van der Waals surface area contributed by atoms with Crippen molar-refractivity contribution in [1.82, 2.24) is 0 Å². The zero-order valence-electron chi connectivity index (χ0n) is 7.48. The van der Waals surface area contributed by atoms with Gasteiger partial charge in [0.1, 0.15) is 0 Å². The van der Waals surface area contributed by atoms with Crippen LogP contribution in [0.4, 0.5) is 0 Å². The first-order valence-electron chi connectivity index (χ1n) is 3.41. The standard InChI is InChI=1S/C5H5.C4H9.2ClH.Zr/c1-2-4-5-3-1;1-3-4-2;;;/h1-3H,4H2;3H,4H2,1-2H3;2*1H;/q2*-1;;;+4/p-2. The van der Waals surface area contributed by atoms with E-state index in [1.807, 2.05) is 12.2 Å². The Morgan fingerprint density at radius 1 is 1.42 bits per heavy atom. The number of halogens is 2. The number of unbranched alkanes of at least 4 members (excludes halogenated alkanes) is 1. The van der Waals surface area contributed by atoms with Crippen molar-refractivity contribution in [3.05, 3.63) is 30.7 Å². The van der Waals surface area contributed by atoms with Gasteiger partial charge in [-0.15, -0.1) is 6.42 Å². The molecule has 0 aromatic carbocycles. The molecular formula is C9H14Cl2Zr. The zero-order valence-corrected chi connectivity index (χ0v) is 11.4. The minimum Gasteiger partial charge on any atom is -1.00 e. The van der Waals surface area contributed by atoms with E-state index in [1.54, 1.807) is 0 Å². The molecule has 0 aromatic heterocycles. The van der Waals surface area contributed by atoms with E-state index >= 15 is 0 Å². The molecule has 0 radical (unpaired) electrons. The molecule has 0 N–H and O–H groups in total. The van der Waals surface area contributed by atoms with Crippen molar-refractivity contribution in [1.29, 1.82) is 0 Å². The van der Waals surface area contributed by atoms with Gasteiger partial charge >= 0.3 is 26.2 Å². The molecule has 0 atom stereocenters. The summed E-state index contributed by atoms with van der Waals surface area (Å²) in [4.78, 5) is 0. The summed E-state index contributed by atoms with van der Waals surface area (Å²) in [6, 6.07) is 0. The van der Waals surface area contributed by atoms with Crippen LogP contribution < -0.4 is 24.8 Å². The molecule has 3 heteroatoms. The predicted octanol–water partition coefficient (Wildman–Crippen LogP) is -3.07. The van der Waals surface area contributed by atoms with Gasteiger partial charge in [-0.2, -0.15) is 19.4 Å². The fraction of sp³-hybridized carbons (Fsp3) is 0.444. The Hall–Kier alpha value is 0.943. The molecule has 0 heterocycles. The molecule has 0 aromatic rings. The Balaban J connectivity index is -0.0000000436. The Morgan fingerprint density at radius 3 is 2.00 bits per heavy atom. The number of rotatable bonds is 1. The minimum atomic E-state index is 0. The topological polar surface area (TPSA) is 0 Å². The van der Waals surface area contributed by atoms with Crippen molar-refractivity contribution >= 4 is 0 Å². The van der Waals surface area contributed by atoms with Crippen molar-refractivity contribution in [3.63, 3.8) is 0 Å². The van der Waals surface area contributed by atoms with E-state index in [-0.39, 0.29) is 51.0 Å². The van der Waals surface area contributed by atoms with Crippen LogP contribution in [-0.2, 0) is 26.2 Å². The predicted molar refractivity (Wildman–Crippen MR) is 41.8 cm³/mol. The van der Waals surface area contributed by atoms with Gasteiger partial charge in [-0.05, 0) is 0 Å². The third kappa shape index (κ3) is 22.4. The normalized spacial score (nSPS) is 9.83. The van der Waals surface area contributed by atoms with Gasteiger partial charge in [0, 0.05) is 0 Å². The molecule has 0 fully saturated rings. The van der Waals surface area contributed by atoms with Gasteiger partial charge in [-0.25, -0.2) is 12.2 Å². The second-order valence-electron chi connectivity index (χ2n) is 1.82. The third-order valence-corrected chi connectivity index (χ3v) is 0.994. The molecule has 0 aliphatic heterocycles. The van der Waals surface area contributed by atoms with Gasteiger partial charge in [0.15, 0.2) is 0 Å². The van der Waals surface area contributed by atoms with E-state index in [0.717, 1.165) is 6.42 Å². The maximum Gasteiger partial charge on any atom is 4.00 e. The van der Waals surface area contributed by atoms with Crippen molar-refractivity contribution in [3.8, 4) is 0 Å². The van der Waals surface area contributed by atoms with Crippen LogP contribution in [0.5, 0.6) is 0 Å². The summed E-state index contributed by atoms with van der Waals surface area (Å²) in [6.45, 7) is 4.18. The van der Waals surface area contributed by atoms with Crippen LogP contribution in [-0.4, -0.2) is 0 Å². The number of hydrogen-bond acceptors (Lipinski definition) is 0. The van der Waals surface area contributed by atoms with E-state index in [0.29, 0.717) is 0 Å². The maximum absolute atomic E-state index is 2.99. The second-order valence-corrected chi connectivity index (χ2v) is 1.82. The summed E-state index contributed by atoms with van der Waals surface area (Å²) < 4.78 is 0. The smallest absolute Gasteiger partial charge is 1.00 e. The van der Waals surface area contributed by atoms with Gasteiger partial charge in [0.2, 0.25) is 0 Å². The largest absolute Gasteiger partial charge is 4.00 e. The van der Waals surface area contributed by atoms with E-state index in [1.165, 1.54) is 6.42 Å². The molecule has 0 spiro atoms. The van der Waals surface area contributed by atoms with Crippen LogP contribution in [0, 0.1) is 12.5 Å². The third-order valence-electron chi connectivity index (χ3n) is 0.994. The molecule has 1 rings (SSSR count). The molecule has 0 amide bonds. The van der Waals surface area contributed by atoms with Crippen molar-refractivity contribution in [2.45, 2.75) is 26.7 Å². The molecule has 0 bridgehead atoms. The molecule has 12 heavy (non-hydrogen) atoms. The number of hydrogen-bond donors (Lipinski definition) is 0. The summed E-state index contributed by atoms with van der Waals surface area (Å²) in [5.41, 5.74) is 0. The average Bonchev–Trinajstić information content (AvgIpc) is 2.43. The van der Waals surface area contributed by atoms with Crippen LogP contribution in [0.15, 0.2) is 18.2 Å². The van der Waals surface area contributed by atoms with E-state index in [4.69, 9.17) is 0 Å². The monoisotopic (exact) mass is 282 g/mol. The van der Waals surface area contributed by atoms with Gasteiger partial charge in [0.05, 0.1) is 0 Å². The first-order chi connectivity index (χ1) is 4.41. The van der Waals surface area contributed by atoms with Crippen molar-refractivity contribution in [2.75, 3.05) is 0 Å². The van der Waals surface area contributed by atoms with E-state index < -0.39 is 0 Å². The van der Waals surface area contributed by atoms with Crippen LogP contribution in [0.25, 0.3) is 0 Å². The van der Waals surface area contributed by atoms with Crippen molar-refractivity contribution < 1.29 is 51.0 Å². The van der Waals surface area contributed by atoms with Crippen LogP contribution in [0.3, 0.4) is 0 Å². The Kier molecular flexibility index (Phi) is 43.6. The SMILES string of the molecule is C[CH-]CC.[C-]1=CC=CC1.[Cl-].[Cl-].[Zr+4]. The maximum atomic E-state index is 2.99. The Labute approximate surface area is 108 Å². The zero-order chi connectivity index (χ0) is 6.95. The quantitative estimate of drug-likeness (QED) is 0.449. The summed E-state index contributed by atoms with van der Waals surface area (Å²) in [5, 5.41) is 0. The van der Waals surface area contributed by atoms with E-state index in [9.17, 15) is 0 Å². The number of allylic oxidation sites excluding steroid dienone is 4.